The van der Waals surface area contributed by atoms with Crippen molar-refractivity contribution < 1.29 is 19.1 Å². The van der Waals surface area contributed by atoms with Crippen LogP contribution in [0.15, 0.2) is 82.0 Å². The van der Waals surface area contributed by atoms with E-state index in [9.17, 15) is 14.7 Å². The molecule has 2 N–H and O–H groups in total. The van der Waals surface area contributed by atoms with E-state index >= 15 is 0 Å². The van der Waals surface area contributed by atoms with Crippen LogP contribution >= 0.6 is 0 Å². The molecule has 3 aromatic carbocycles. The predicted octanol–water partition coefficient (Wildman–Crippen LogP) is 4.24. The third kappa shape index (κ3) is 4.13. The van der Waals surface area contributed by atoms with E-state index in [1.807, 2.05) is 30.3 Å². The van der Waals surface area contributed by atoms with Crippen LogP contribution in [0.4, 0.5) is 0 Å². The predicted molar refractivity (Wildman–Crippen MR) is 123 cm³/mol. The number of nitrogens with one attached hydrogen (secondary N) is 1. The van der Waals surface area contributed by atoms with Crippen LogP contribution in [0.25, 0.3) is 22.3 Å². The Morgan fingerprint density at radius 2 is 1.75 bits per heavy atom. The Kier molecular flexibility index (Phi) is 6.05. The molecule has 1 amide bonds. The average molecular weight is 429 g/mol. The molecule has 0 saturated carbocycles. The summed E-state index contributed by atoms with van der Waals surface area (Å²) in [5.41, 5.74) is 2.16. The Bertz CT molecular complexity index is 1310. The van der Waals surface area contributed by atoms with Gasteiger partial charge in [-0.1, -0.05) is 48.5 Å². The number of methoxy groups -OCH3 is 1. The SMILES string of the molecule is COc1ccc(C(O)CNC(=O)c2cccc3c(=O)c(C)c(-c4ccccc4)oc23)cc1. The first-order valence-corrected chi connectivity index (χ1v) is 10.2. The quantitative estimate of drug-likeness (QED) is 0.479. The number of carbonyl (C=O) groups excluding carboxylic acids is 1. The summed E-state index contributed by atoms with van der Waals surface area (Å²) in [6, 6.07) is 21.2. The highest BCUT2D eigenvalue weighted by molar-refractivity contribution is 6.05. The molecule has 4 rings (SSSR count). The number of amides is 1. The summed E-state index contributed by atoms with van der Waals surface area (Å²) in [5.74, 6) is 0.677. The zero-order chi connectivity index (χ0) is 22.7. The smallest absolute Gasteiger partial charge is 0.255 e. The standard InChI is InChI=1S/C26H23NO5/c1-16-23(29)20-9-6-10-21(25(20)32-24(16)18-7-4-3-5-8-18)26(30)27-15-22(28)17-11-13-19(31-2)14-12-17/h3-14,22,28H,15H2,1-2H3,(H,27,30). The van der Waals surface area contributed by atoms with Gasteiger partial charge in [-0.25, -0.2) is 0 Å². The van der Waals surface area contributed by atoms with E-state index in [-0.39, 0.29) is 23.1 Å². The lowest BCUT2D eigenvalue weighted by Crippen LogP contribution is -2.28. The molecule has 32 heavy (non-hydrogen) atoms. The minimum Gasteiger partial charge on any atom is -0.497 e. The first-order chi connectivity index (χ1) is 15.5. The number of ether oxygens (including phenoxy) is 1. The maximum absolute atomic E-state index is 13.0. The summed E-state index contributed by atoms with van der Waals surface area (Å²) in [4.78, 5) is 25.9. The molecule has 0 radical (unpaired) electrons. The van der Waals surface area contributed by atoms with Crippen LogP contribution in [0.3, 0.4) is 0 Å². The molecular weight excluding hydrogens is 406 g/mol. The average Bonchev–Trinajstić information content (AvgIpc) is 2.84. The van der Waals surface area contributed by atoms with Gasteiger partial charge in [-0.15, -0.1) is 0 Å². The summed E-state index contributed by atoms with van der Waals surface area (Å²) < 4.78 is 11.2. The van der Waals surface area contributed by atoms with Crippen LogP contribution in [-0.4, -0.2) is 24.7 Å². The molecule has 0 aliphatic heterocycles. The van der Waals surface area contributed by atoms with Gasteiger partial charge >= 0.3 is 0 Å². The Balaban J connectivity index is 1.64. The molecule has 6 heteroatoms. The molecule has 0 spiro atoms. The number of fused-ring (bicyclic) bond motifs is 1. The normalized spacial score (nSPS) is 11.8. The molecule has 1 unspecified atom stereocenters. The Labute approximate surface area is 185 Å². The minimum absolute atomic E-state index is 0.00316. The second kappa shape index (κ2) is 9.08. The van der Waals surface area contributed by atoms with Crippen molar-refractivity contribution in [3.05, 3.63) is 99.7 Å². The van der Waals surface area contributed by atoms with Gasteiger partial charge in [0.15, 0.2) is 11.0 Å². The van der Waals surface area contributed by atoms with E-state index in [1.54, 1.807) is 56.5 Å². The molecule has 0 bridgehead atoms. The van der Waals surface area contributed by atoms with Crippen molar-refractivity contribution in [2.24, 2.45) is 0 Å². The number of aliphatic hydroxyl groups is 1. The van der Waals surface area contributed by atoms with Crippen molar-refractivity contribution in [1.29, 1.82) is 0 Å². The number of para-hydroxylation sites is 1. The van der Waals surface area contributed by atoms with E-state index in [2.05, 4.69) is 5.32 Å². The highest BCUT2D eigenvalue weighted by Gasteiger charge is 2.19. The lowest BCUT2D eigenvalue weighted by Gasteiger charge is -2.14. The van der Waals surface area contributed by atoms with Gasteiger partial charge in [0.05, 0.1) is 24.2 Å². The number of hydrogen-bond acceptors (Lipinski definition) is 5. The number of rotatable bonds is 6. The fourth-order valence-electron chi connectivity index (χ4n) is 3.58. The van der Waals surface area contributed by atoms with Crippen molar-refractivity contribution in [2.45, 2.75) is 13.0 Å². The van der Waals surface area contributed by atoms with Gasteiger partial charge in [-0.3, -0.25) is 9.59 Å². The zero-order valence-corrected chi connectivity index (χ0v) is 17.8. The van der Waals surface area contributed by atoms with Gasteiger partial charge in [-0.05, 0) is 36.8 Å². The molecule has 4 aromatic rings. The van der Waals surface area contributed by atoms with Crippen LogP contribution in [0.2, 0.25) is 0 Å². The van der Waals surface area contributed by atoms with Crippen molar-refractivity contribution in [3.8, 4) is 17.1 Å². The molecule has 0 saturated heterocycles. The maximum Gasteiger partial charge on any atom is 0.255 e. The first kappa shape index (κ1) is 21.3. The number of carbonyl (C=O) groups is 1. The molecule has 1 aromatic heterocycles. The molecule has 1 heterocycles. The van der Waals surface area contributed by atoms with Crippen LogP contribution in [-0.2, 0) is 0 Å². The lowest BCUT2D eigenvalue weighted by atomic mass is 10.0. The summed E-state index contributed by atoms with van der Waals surface area (Å²) in [6.45, 7) is 1.72. The van der Waals surface area contributed by atoms with Gasteiger partial charge in [0.1, 0.15) is 11.5 Å². The second-order valence-electron chi connectivity index (χ2n) is 7.43. The number of hydrogen-bond donors (Lipinski definition) is 2. The van der Waals surface area contributed by atoms with E-state index < -0.39 is 12.0 Å². The maximum atomic E-state index is 13.0. The molecule has 0 fully saturated rings. The molecule has 0 aliphatic carbocycles. The van der Waals surface area contributed by atoms with Crippen molar-refractivity contribution in [1.82, 2.24) is 5.32 Å². The van der Waals surface area contributed by atoms with Crippen LogP contribution < -0.4 is 15.5 Å². The Hall–Kier alpha value is -3.90. The van der Waals surface area contributed by atoms with E-state index in [0.29, 0.717) is 28.0 Å². The molecule has 162 valence electrons. The third-order valence-electron chi connectivity index (χ3n) is 5.38. The highest BCUT2D eigenvalue weighted by atomic mass is 16.5. The fourth-order valence-corrected chi connectivity index (χ4v) is 3.58. The van der Waals surface area contributed by atoms with E-state index in [4.69, 9.17) is 9.15 Å². The van der Waals surface area contributed by atoms with Gasteiger partial charge in [0.2, 0.25) is 0 Å². The minimum atomic E-state index is -0.894. The van der Waals surface area contributed by atoms with Crippen molar-refractivity contribution in [3.63, 3.8) is 0 Å². The van der Waals surface area contributed by atoms with Gasteiger partial charge in [-0.2, -0.15) is 0 Å². The largest absolute Gasteiger partial charge is 0.497 e. The molecule has 0 aliphatic rings. The van der Waals surface area contributed by atoms with Crippen molar-refractivity contribution in [2.75, 3.05) is 13.7 Å². The summed E-state index contributed by atoms with van der Waals surface area (Å²) >= 11 is 0. The molecular formula is C26H23NO5. The lowest BCUT2D eigenvalue weighted by molar-refractivity contribution is 0.0917. The zero-order valence-electron chi connectivity index (χ0n) is 17.8. The first-order valence-electron chi connectivity index (χ1n) is 10.2. The third-order valence-corrected chi connectivity index (χ3v) is 5.38. The Morgan fingerprint density at radius 3 is 2.44 bits per heavy atom. The topological polar surface area (TPSA) is 88.8 Å². The molecule has 1 atom stereocenters. The fraction of sp³-hybridized carbons (Fsp3) is 0.154. The summed E-state index contributed by atoms with van der Waals surface area (Å²) in [5, 5.41) is 13.5. The summed E-state index contributed by atoms with van der Waals surface area (Å²) in [6.07, 6.45) is -0.894. The Morgan fingerprint density at radius 1 is 1.03 bits per heavy atom. The van der Waals surface area contributed by atoms with Gasteiger partial charge < -0.3 is 19.6 Å². The highest BCUT2D eigenvalue weighted by Crippen LogP contribution is 2.27. The monoisotopic (exact) mass is 429 g/mol. The number of aliphatic hydroxyl groups excluding tert-OH is 1. The number of benzene rings is 3. The van der Waals surface area contributed by atoms with Crippen LogP contribution in [0.5, 0.6) is 5.75 Å². The van der Waals surface area contributed by atoms with E-state index in [0.717, 1.165) is 5.56 Å². The van der Waals surface area contributed by atoms with E-state index in [1.165, 1.54) is 0 Å². The summed E-state index contributed by atoms with van der Waals surface area (Å²) in [7, 11) is 1.57. The van der Waals surface area contributed by atoms with Crippen LogP contribution in [0.1, 0.15) is 27.6 Å². The van der Waals surface area contributed by atoms with Crippen molar-refractivity contribution >= 4 is 16.9 Å². The molecule has 6 nitrogen and oxygen atoms in total. The second-order valence-corrected chi connectivity index (χ2v) is 7.43. The van der Waals surface area contributed by atoms with Gasteiger partial charge in [0, 0.05) is 17.7 Å². The van der Waals surface area contributed by atoms with Gasteiger partial charge in [0.25, 0.3) is 5.91 Å². The van der Waals surface area contributed by atoms with Crippen LogP contribution in [0, 0.1) is 6.92 Å².